The lowest BCUT2D eigenvalue weighted by Crippen LogP contribution is -2.64. The normalized spacial score (nSPS) is 23.8. The predicted octanol–water partition coefficient (Wildman–Crippen LogP) is 4.54. The fraction of sp³-hybridized carbons (Fsp3) is 0.467. The van der Waals surface area contributed by atoms with Crippen molar-refractivity contribution in [1.82, 2.24) is 15.1 Å². The van der Waals surface area contributed by atoms with Crippen molar-refractivity contribution in [2.45, 2.75) is 44.1 Å². The van der Waals surface area contributed by atoms with Crippen molar-refractivity contribution in [3.8, 4) is 11.8 Å². The molecule has 0 radical (unpaired) electrons. The van der Waals surface area contributed by atoms with Gasteiger partial charge < -0.3 is 15.0 Å². The van der Waals surface area contributed by atoms with Crippen molar-refractivity contribution < 1.29 is 23.5 Å². The van der Waals surface area contributed by atoms with Crippen molar-refractivity contribution in [3.05, 3.63) is 64.9 Å². The van der Waals surface area contributed by atoms with E-state index in [1.54, 1.807) is 30.0 Å². The van der Waals surface area contributed by atoms with Gasteiger partial charge in [0.25, 0.3) is 0 Å². The van der Waals surface area contributed by atoms with Crippen LogP contribution in [0, 0.1) is 28.5 Å². The quantitative estimate of drug-likeness (QED) is 0.528. The van der Waals surface area contributed by atoms with E-state index in [0.29, 0.717) is 50.3 Å². The summed E-state index contributed by atoms with van der Waals surface area (Å²) in [5.41, 5.74) is -1.36. The zero-order chi connectivity index (χ0) is 28.5. The zero-order valence-corrected chi connectivity index (χ0v) is 23.1. The number of carbonyl (C=O) groups is 3. The summed E-state index contributed by atoms with van der Waals surface area (Å²) in [5, 5.41) is 13.3. The smallest absolute Gasteiger partial charge is 0.407 e. The molecule has 5 rings (SSSR count). The summed E-state index contributed by atoms with van der Waals surface area (Å²) < 4.78 is 19.9. The van der Waals surface area contributed by atoms with Crippen molar-refractivity contribution in [2.24, 2.45) is 11.3 Å². The third-order valence-electron chi connectivity index (χ3n) is 8.60. The first-order valence-electron chi connectivity index (χ1n) is 13.7. The first kappa shape index (κ1) is 28.1. The van der Waals surface area contributed by atoms with Gasteiger partial charge in [-0.1, -0.05) is 35.9 Å². The predicted molar refractivity (Wildman–Crippen MR) is 146 cm³/mol. The highest BCUT2D eigenvalue weighted by Crippen LogP contribution is 2.47. The molecule has 210 valence electrons. The number of para-hydroxylation sites is 1. The van der Waals surface area contributed by atoms with Gasteiger partial charge in [-0.25, -0.2) is 9.18 Å². The van der Waals surface area contributed by atoms with Crippen LogP contribution in [-0.2, 0) is 9.59 Å². The molecule has 2 saturated heterocycles. The Labute approximate surface area is 238 Å². The molecule has 1 aliphatic carbocycles. The summed E-state index contributed by atoms with van der Waals surface area (Å²) in [7, 11) is 0. The van der Waals surface area contributed by atoms with Gasteiger partial charge in [-0.2, -0.15) is 5.26 Å². The van der Waals surface area contributed by atoms with E-state index in [-0.39, 0.29) is 30.5 Å². The molecule has 1 saturated carbocycles. The number of likely N-dealkylation sites (N-methyl/N-ethyl adjacent to an activating group) is 1. The van der Waals surface area contributed by atoms with E-state index in [1.165, 1.54) is 23.1 Å². The number of nitrogens with zero attached hydrogens (tertiary/aromatic N) is 3. The number of ketones is 1. The Hall–Kier alpha value is -3.48. The maximum Gasteiger partial charge on any atom is 0.416 e. The second kappa shape index (κ2) is 11.2. The number of piperidine rings is 1. The summed E-state index contributed by atoms with van der Waals surface area (Å²) in [6.45, 7) is 3.33. The number of likely N-dealkylation sites (tertiary alicyclic amines) is 1. The molecule has 0 unspecified atom stereocenters. The summed E-state index contributed by atoms with van der Waals surface area (Å²) in [5.74, 6) is -1.96. The van der Waals surface area contributed by atoms with Gasteiger partial charge in [0.05, 0.1) is 6.07 Å². The SMILES string of the molecule is CCN(C(=O)Oc1ccccc1F)[C@]1(C(=O)C2CCN(C(=O)C3(C#N)CC3)CC2)CNC[C@H]1c1ccc(Cl)cc1. The Morgan fingerprint density at radius 2 is 1.82 bits per heavy atom. The molecular formula is C30H32ClFN4O4. The minimum Gasteiger partial charge on any atom is -0.407 e. The molecule has 2 aliphatic heterocycles. The van der Waals surface area contributed by atoms with Crippen LogP contribution in [-0.4, -0.2) is 65.8 Å². The van der Waals surface area contributed by atoms with Crippen molar-refractivity contribution >= 4 is 29.4 Å². The maximum atomic E-state index is 14.6. The molecule has 2 aromatic carbocycles. The Kier molecular flexibility index (Phi) is 7.85. The van der Waals surface area contributed by atoms with E-state index in [2.05, 4.69) is 11.4 Å². The van der Waals surface area contributed by atoms with E-state index in [4.69, 9.17) is 16.3 Å². The van der Waals surface area contributed by atoms with Crippen molar-refractivity contribution in [2.75, 3.05) is 32.7 Å². The van der Waals surface area contributed by atoms with Crippen LogP contribution in [0.1, 0.15) is 44.1 Å². The summed E-state index contributed by atoms with van der Waals surface area (Å²) in [6.07, 6.45) is 1.21. The molecule has 2 aromatic rings. The molecule has 2 amide bonds. The number of Topliss-reactive ketones (excluding diaryl/α,β-unsaturated/α-hetero) is 1. The standard InChI is InChI=1S/C30H32ClFN4O4/c1-2-36(28(39)40-25-6-4-3-5-24(25)32)30(19-34-17-23(30)20-7-9-22(31)10-8-20)26(37)21-11-15-35(16-12-21)27(38)29(18-33)13-14-29/h3-10,21,23,34H,2,11-17,19H2,1H3/t23-,30+/m0/s1. The van der Waals surface area contributed by atoms with E-state index in [9.17, 15) is 24.0 Å². The van der Waals surface area contributed by atoms with Crippen LogP contribution in [0.2, 0.25) is 5.02 Å². The molecule has 2 atom stereocenters. The highest BCUT2D eigenvalue weighted by Gasteiger charge is 2.58. The van der Waals surface area contributed by atoms with Gasteiger partial charge >= 0.3 is 6.09 Å². The van der Waals surface area contributed by atoms with Gasteiger partial charge in [-0.15, -0.1) is 0 Å². The van der Waals surface area contributed by atoms with E-state index in [0.717, 1.165) is 5.56 Å². The van der Waals surface area contributed by atoms with Crippen LogP contribution in [0.25, 0.3) is 0 Å². The van der Waals surface area contributed by atoms with Crippen LogP contribution < -0.4 is 10.1 Å². The van der Waals surface area contributed by atoms with Crippen LogP contribution in [0.3, 0.4) is 0 Å². The largest absolute Gasteiger partial charge is 0.416 e. The highest BCUT2D eigenvalue weighted by molar-refractivity contribution is 6.30. The molecule has 2 heterocycles. The van der Waals surface area contributed by atoms with E-state index < -0.39 is 34.7 Å². The minimum atomic E-state index is -1.30. The highest BCUT2D eigenvalue weighted by atomic mass is 35.5. The molecule has 3 fully saturated rings. The second-order valence-corrected chi connectivity index (χ2v) is 11.3. The monoisotopic (exact) mass is 566 g/mol. The summed E-state index contributed by atoms with van der Waals surface area (Å²) in [4.78, 5) is 44.3. The number of halogens is 2. The van der Waals surface area contributed by atoms with Gasteiger partial charge in [0.2, 0.25) is 5.91 Å². The number of nitrogens with one attached hydrogen (secondary N) is 1. The molecular weight excluding hydrogens is 535 g/mol. The van der Waals surface area contributed by atoms with Crippen LogP contribution in [0.4, 0.5) is 9.18 Å². The summed E-state index contributed by atoms with van der Waals surface area (Å²) >= 11 is 6.15. The Bertz CT molecular complexity index is 1330. The fourth-order valence-corrected chi connectivity index (χ4v) is 6.34. The lowest BCUT2D eigenvalue weighted by atomic mass is 9.71. The number of nitriles is 1. The molecule has 0 bridgehead atoms. The van der Waals surface area contributed by atoms with Crippen LogP contribution in [0.15, 0.2) is 48.5 Å². The number of benzene rings is 2. The zero-order valence-electron chi connectivity index (χ0n) is 22.4. The number of hydrogen-bond acceptors (Lipinski definition) is 6. The van der Waals surface area contributed by atoms with Crippen LogP contribution in [0.5, 0.6) is 5.75 Å². The van der Waals surface area contributed by atoms with Gasteiger partial charge in [-0.05, 0) is 62.4 Å². The fourth-order valence-electron chi connectivity index (χ4n) is 6.21. The van der Waals surface area contributed by atoms with E-state index >= 15 is 0 Å². The molecule has 0 spiro atoms. The lowest BCUT2D eigenvalue weighted by Gasteiger charge is -2.45. The van der Waals surface area contributed by atoms with Gasteiger partial charge in [0.1, 0.15) is 11.0 Å². The van der Waals surface area contributed by atoms with Crippen molar-refractivity contribution in [3.63, 3.8) is 0 Å². The molecule has 1 N–H and O–H groups in total. The van der Waals surface area contributed by atoms with Gasteiger partial charge in [-0.3, -0.25) is 14.5 Å². The molecule has 40 heavy (non-hydrogen) atoms. The maximum absolute atomic E-state index is 14.6. The topological polar surface area (TPSA) is 103 Å². The number of carbonyl (C=O) groups excluding carboxylic acids is 3. The number of ether oxygens (including phenoxy) is 1. The van der Waals surface area contributed by atoms with E-state index in [1.807, 2.05) is 12.1 Å². The number of hydrogen-bond donors (Lipinski definition) is 1. The molecule has 3 aliphatic rings. The first-order chi connectivity index (χ1) is 19.3. The molecule has 0 aromatic heterocycles. The Morgan fingerprint density at radius 1 is 1.15 bits per heavy atom. The third kappa shape index (κ3) is 4.95. The minimum absolute atomic E-state index is 0.113. The van der Waals surface area contributed by atoms with Gasteiger partial charge in [0, 0.05) is 49.6 Å². The molecule has 10 heteroatoms. The lowest BCUT2D eigenvalue weighted by molar-refractivity contribution is -0.141. The Morgan fingerprint density at radius 3 is 2.42 bits per heavy atom. The second-order valence-electron chi connectivity index (χ2n) is 10.8. The third-order valence-corrected chi connectivity index (χ3v) is 8.85. The average molecular weight is 567 g/mol. The number of amides is 2. The number of rotatable bonds is 7. The van der Waals surface area contributed by atoms with Crippen molar-refractivity contribution in [1.29, 1.82) is 5.26 Å². The average Bonchev–Trinajstić information content (AvgIpc) is 3.66. The summed E-state index contributed by atoms with van der Waals surface area (Å²) in [6, 6.07) is 15.0. The molecule has 8 nitrogen and oxygen atoms in total. The first-order valence-corrected chi connectivity index (χ1v) is 14.1. The van der Waals surface area contributed by atoms with Gasteiger partial charge in [0.15, 0.2) is 17.3 Å². The van der Waals surface area contributed by atoms with Crippen LogP contribution >= 0.6 is 11.6 Å². The Balaban J connectivity index is 1.45.